The van der Waals surface area contributed by atoms with Crippen LogP contribution in [0.4, 0.5) is 11.6 Å². The van der Waals surface area contributed by atoms with Gasteiger partial charge in [-0.2, -0.15) is 9.38 Å². The van der Waals surface area contributed by atoms with E-state index in [1.807, 2.05) is 17.5 Å². The van der Waals surface area contributed by atoms with Crippen LogP contribution in [-0.2, 0) is 0 Å². The SMILES string of the molecule is CCCC(Nc1nc2sccn2c1[N+](=O)[O-])c1cccs1. The molecule has 1 N–H and O–H groups in total. The average Bonchev–Trinajstić information content (AvgIpc) is 3.14. The largest absolute Gasteiger partial charge is 0.372 e. The molecule has 0 aliphatic heterocycles. The van der Waals surface area contributed by atoms with Crippen molar-refractivity contribution in [3.63, 3.8) is 0 Å². The lowest BCUT2D eigenvalue weighted by atomic mass is 10.1. The van der Waals surface area contributed by atoms with Crippen molar-refractivity contribution in [3.05, 3.63) is 44.1 Å². The Morgan fingerprint density at radius 3 is 3.00 bits per heavy atom. The van der Waals surface area contributed by atoms with Crippen molar-refractivity contribution >= 4 is 39.3 Å². The van der Waals surface area contributed by atoms with Crippen LogP contribution in [0, 0.1) is 10.1 Å². The van der Waals surface area contributed by atoms with Gasteiger partial charge in [-0.15, -0.1) is 11.3 Å². The molecular weight excluding hydrogens is 308 g/mol. The summed E-state index contributed by atoms with van der Waals surface area (Å²) < 4.78 is 1.52. The van der Waals surface area contributed by atoms with E-state index in [2.05, 4.69) is 17.2 Å². The molecular formula is C13H14N4O2S2. The number of anilines is 1. The Morgan fingerprint density at radius 2 is 2.33 bits per heavy atom. The van der Waals surface area contributed by atoms with Crippen LogP contribution < -0.4 is 5.32 Å². The van der Waals surface area contributed by atoms with Gasteiger partial charge in [0.05, 0.1) is 6.04 Å². The minimum atomic E-state index is -0.382. The Morgan fingerprint density at radius 1 is 1.48 bits per heavy atom. The van der Waals surface area contributed by atoms with E-state index >= 15 is 0 Å². The zero-order valence-electron chi connectivity index (χ0n) is 11.4. The van der Waals surface area contributed by atoms with Crippen molar-refractivity contribution in [2.45, 2.75) is 25.8 Å². The zero-order chi connectivity index (χ0) is 14.8. The molecule has 0 aliphatic carbocycles. The normalized spacial score (nSPS) is 12.6. The monoisotopic (exact) mass is 322 g/mol. The number of aromatic nitrogens is 2. The van der Waals surface area contributed by atoms with E-state index < -0.39 is 0 Å². The molecule has 0 aromatic carbocycles. The maximum Gasteiger partial charge on any atom is 0.372 e. The van der Waals surface area contributed by atoms with E-state index in [0.717, 1.165) is 12.8 Å². The Hall–Kier alpha value is -1.93. The molecule has 21 heavy (non-hydrogen) atoms. The summed E-state index contributed by atoms with van der Waals surface area (Å²) in [6.07, 6.45) is 3.57. The second-order valence-electron chi connectivity index (χ2n) is 4.60. The first kappa shape index (κ1) is 14.0. The van der Waals surface area contributed by atoms with Gasteiger partial charge in [-0.05, 0) is 22.8 Å². The molecule has 0 saturated heterocycles. The van der Waals surface area contributed by atoms with Crippen molar-refractivity contribution in [3.8, 4) is 0 Å². The summed E-state index contributed by atoms with van der Waals surface area (Å²) in [6, 6.07) is 4.09. The molecule has 110 valence electrons. The van der Waals surface area contributed by atoms with Gasteiger partial charge in [0, 0.05) is 10.3 Å². The first-order chi connectivity index (χ1) is 10.2. The maximum atomic E-state index is 11.3. The predicted molar refractivity (Wildman–Crippen MR) is 85.3 cm³/mol. The van der Waals surface area contributed by atoms with Gasteiger partial charge < -0.3 is 15.4 Å². The van der Waals surface area contributed by atoms with Crippen molar-refractivity contribution in [2.24, 2.45) is 0 Å². The van der Waals surface area contributed by atoms with E-state index in [1.54, 1.807) is 22.9 Å². The van der Waals surface area contributed by atoms with Gasteiger partial charge >= 0.3 is 5.82 Å². The number of nitrogens with one attached hydrogen (secondary N) is 1. The summed E-state index contributed by atoms with van der Waals surface area (Å²) >= 11 is 3.04. The number of rotatable bonds is 6. The highest BCUT2D eigenvalue weighted by Crippen LogP contribution is 2.33. The van der Waals surface area contributed by atoms with Crippen molar-refractivity contribution in [1.29, 1.82) is 0 Å². The molecule has 3 aromatic rings. The molecule has 0 saturated carbocycles. The molecule has 3 aromatic heterocycles. The quantitative estimate of drug-likeness (QED) is 0.542. The summed E-state index contributed by atoms with van der Waals surface area (Å²) in [4.78, 5) is 17.1. The lowest BCUT2D eigenvalue weighted by Gasteiger charge is -2.15. The lowest BCUT2D eigenvalue weighted by Crippen LogP contribution is -2.11. The topological polar surface area (TPSA) is 72.5 Å². The summed E-state index contributed by atoms with van der Waals surface area (Å²) in [5.74, 6) is 0.350. The van der Waals surface area contributed by atoms with Crippen molar-refractivity contribution < 1.29 is 4.92 Å². The number of nitrogens with zero attached hydrogens (tertiary/aromatic N) is 3. The minimum Gasteiger partial charge on any atom is -0.358 e. The smallest absolute Gasteiger partial charge is 0.358 e. The molecule has 0 radical (unpaired) electrons. The fourth-order valence-electron chi connectivity index (χ4n) is 2.27. The summed E-state index contributed by atoms with van der Waals surface area (Å²) in [7, 11) is 0. The molecule has 6 nitrogen and oxygen atoms in total. The van der Waals surface area contributed by atoms with Crippen LogP contribution in [0.3, 0.4) is 0 Å². The fourth-order valence-corrected chi connectivity index (χ4v) is 3.80. The molecule has 3 heterocycles. The van der Waals surface area contributed by atoms with E-state index in [4.69, 9.17) is 0 Å². The Balaban J connectivity index is 1.97. The molecule has 1 unspecified atom stereocenters. The van der Waals surface area contributed by atoms with E-state index in [9.17, 15) is 10.1 Å². The first-order valence-electron chi connectivity index (χ1n) is 6.60. The van der Waals surface area contributed by atoms with Gasteiger partial charge in [0.2, 0.25) is 5.82 Å². The molecule has 8 heteroatoms. The van der Waals surface area contributed by atoms with Crippen molar-refractivity contribution in [1.82, 2.24) is 9.38 Å². The number of fused-ring (bicyclic) bond motifs is 1. The third kappa shape index (κ3) is 2.64. The number of thiophene rings is 1. The highest BCUT2D eigenvalue weighted by Gasteiger charge is 2.26. The number of hydrogen-bond donors (Lipinski definition) is 1. The molecule has 3 rings (SSSR count). The number of hydrogen-bond acceptors (Lipinski definition) is 6. The highest BCUT2D eigenvalue weighted by molar-refractivity contribution is 7.15. The molecule has 0 aliphatic rings. The number of thiazole rings is 1. The summed E-state index contributed by atoms with van der Waals surface area (Å²) in [5, 5.41) is 18.4. The number of imidazole rings is 1. The molecule has 0 bridgehead atoms. The Labute approximate surface area is 129 Å². The standard InChI is InChI=1S/C13H14N4O2S2/c1-2-4-9(10-5-3-7-20-10)14-11-12(17(18)19)16-6-8-21-13(16)15-11/h3,5-9,14H,2,4H2,1H3. The van der Waals surface area contributed by atoms with Gasteiger partial charge in [0.1, 0.15) is 6.20 Å². The van der Waals surface area contributed by atoms with E-state index in [0.29, 0.717) is 10.8 Å². The maximum absolute atomic E-state index is 11.3. The average molecular weight is 322 g/mol. The fraction of sp³-hybridized carbons (Fsp3) is 0.308. The van der Waals surface area contributed by atoms with Gasteiger partial charge in [0.25, 0.3) is 4.96 Å². The zero-order valence-corrected chi connectivity index (χ0v) is 13.0. The van der Waals surface area contributed by atoms with Gasteiger partial charge in [-0.25, -0.2) is 0 Å². The number of nitro groups is 1. The van der Waals surface area contributed by atoms with Crippen LogP contribution in [0.15, 0.2) is 29.1 Å². The second kappa shape index (κ2) is 5.82. The highest BCUT2D eigenvalue weighted by atomic mass is 32.1. The van der Waals surface area contributed by atoms with Crippen LogP contribution in [0.2, 0.25) is 0 Å². The molecule has 0 spiro atoms. The van der Waals surface area contributed by atoms with Gasteiger partial charge in [-0.3, -0.25) is 0 Å². The lowest BCUT2D eigenvalue weighted by molar-refractivity contribution is -0.389. The van der Waals surface area contributed by atoms with Crippen LogP contribution >= 0.6 is 22.7 Å². The minimum absolute atomic E-state index is 0.00362. The molecule has 0 amide bonds. The third-order valence-corrected chi connectivity index (χ3v) is 4.93. The van der Waals surface area contributed by atoms with Gasteiger partial charge in [-0.1, -0.05) is 30.7 Å². The van der Waals surface area contributed by atoms with Crippen LogP contribution in [-0.4, -0.2) is 14.3 Å². The summed E-state index contributed by atoms with van der Waals surface area (Å²) in [5.41, 5.74) is 0. The van der Waals surface area contributed by atoms with Gasteiger partial charge in [0.15, 0.2) is 0 Å². The van der Waals surface area contributed by atoms with Crippen LogP contribution in [0.25, 0.3) is 4.96 Å². The van der Waals surface area contributed by atoms with E-state index in [1.165, 1.54) is 20.6 Å². The second-order valence-corrected chi connectivity index (χ2v) is 6.45. The Kier molecular flexibility index (Phi) is 3.89. The predicted octanol–water partition coefficient (Wildman–Crippen LogP) is 4.32. The van der Waals surface area contributed by atoms with E-state index in [-0.39, 0.29) is 16.8 Å². The third-order valence-electron chi connectivity index (χ3n) is 3.18. The molecule has 0 fully saturated rings. The molecule has 1 atom stereocenters. The van der Waals surface area contributed by atoms with Crippen molar-refractivity contribution in [2.75, 3.05) is 5.32 Å². The Bertz CT molecular complexity index is 747. The first-order valence-corrected chi connectivity index (χ1v) is 8.36. The summed E-state index contributed by atoms with van der Waals surface area (Å²) in [6.45, 7) is 2.10. The van der Waals surface area contributed by atoms with Crippen LogP contribution in [0.5, 0.6) is 0 Å². The van der Waals surface area contributed by atoms with Crippen LogP contribution in [0.1, 0.15) is 30.7 Å².